The molecule has 0 spiro atoms. The van der Waals surface area contributed by atoms with Crippen LogP contribution in [0.1, 0.15) is 75.6 Å². The van der Waals surface area contributed by atoms with Gasteiger partial charge in [0.25, 0.3) is 0 Å². The zero-order valence-corrected chi connectivity index (χ0v) is 18.5. The van der Waals surface area contributed by atoms with Gasteiger partial charge in [-0.2, -0.15) is 0 Å². The molecule has 0 bridgehead atoms. The van der Waals surface area contributed by atoms with Crippen LogP contribution in [0.5, 0.6) is 5.75 Å². The minimum absolute atomic E-state index is 0.0640. The lowest BCUT2D eigenvalue weighted by atomic mass is 9.48. The molecule has 3 unspecified atom stereocenters. The lowest BCUT2D eigenvalue weighted by molar-refractivity contribution is -0.0287. The van der Waals surface area contributed by atoms with Crippen molar-refractivity contribution in [1.82, 2.24) is 0 Å². The van der Waals surface area contributed by atoms with Gasteiger partial charge >= 0.3 is 5.97 Å². The second kappa shape index (κ2) is 7.39. The molecule has 1 aromatic carbocycles. The van der Waals surface area contributed by atoms with Gasteiger partial charge in [0.05, 0.1) is 11.3 Å². The summed E-state index contributed by atoms with van der Waals surface area (Å²) in [6, 6.07) is 6.26. The number of benzene rings is 1. The minimum atomic E-state index is -0.307. The first kappa shape index (κ1) is 20.6. The summed E-state index contributed by atoms with van der Waals surface area (Å²) in [7, 11) is 0. The maximum Gasteiger partial charge on any atom is 0.338 e. The number of carbonyl (C=O) groups is 1. The second-order valence-corrected chi connectivity index (χ2v) is 10.6. The summed E-state index contributed by atoms with van der Waals surface area (Å²) < 4.78 is 5.86. The van der Waals surface area contributed by atoms with Crippen molar-refractivity contribution in [1.29, 1.82) is 0 Å². The second-order valence-electron chi connectivity index (χ2n) is 10.6. The number of hydrogen-bond donors (Lipinski definition) is 2. The lowest BCUT2D eigenvalue weighted by Crippen LogP contribution is -2.50. The normalized spacial score (nSPS) is 40.5. The molecule has 4 aliphatic carbocycles. The first-order valence-electron chi connectivity index (χ1n) is 11.8. The van der Waals surface area contributed by atoms with E-state index in [1.54, 1.807) is 12.1 Å². The van der Waals surface area contributed by atoms with Crippen molar-refractivity contribution in [3.05, 3.63) is 41.5 Å². The van der Waals surface area contributed by atoms with Crippen molar-refractivity contribution < 1.29 is 19.8 Å². The number of hydrogen-bond acceptors (Lipinski definition) is 5. The Hall–Kier alpha value is -2.30. The average molecular weight is 424 g/mol. The number of allylic oxidation sites excluding steroid dienone is 1. The maximum atomic E-state index is 12.6. The lowest BCUT2D eigenvalue weighted by Gasteiger charge is -2.57. The van der Waals surface area contributed by atoms with Crippen molar-refractivity contribution in [2.45, 2.75) is 71.3 Å². The van der Waals surface area contributed by atoms with E-state index in [4.69, 9.17) is 4.74 Å². The van der Waals surface area contributed by atoms with Gasteiger partial charge < -0.3 is 15.1 Å². The van der Waals surface area contributed by atoms with Gasteiger partial charge in [-0.15, -0.1) is 0 Å². The molecule has 0 amide bonds. The molecule has 1 aromatic rings. The van der Waals surface area contributed by atoms with E-state index in [0.717, 1.165) is 50.7 Å². The summed E-state index contributed by atoms with van der Waals surface area (Å²) in [5.74, 6) is 1.77. The van der Waals surface area contributed by atoms with Crippen molar-refractivity contribution in [3.63, 3.8) is 0 Å². The number of aromatic hydroxyl groups is 1. The monoisotopic (exact) mass is 423 g/mol. The predicted molar refractivity (Wildman–Crippen MR) is 118 cm³/mol. The molecule has 166 valence electrons. The van der Waals surface area contributed by atoms with Gasteiger partial charge in [0, 0.05) is 11.8 Å². The van der Waals surface area contributed by atoms with Crippen LogP contribution >= 0.6 is 0 Å². The molecular weight excluding hydrogens is 390 g/mol. The third-order valence-electron chi connectivity index (χ3n) is 9.30. The zero-order chi connectivity index (χ0) is 21.8. The summed E-state index contributed by atoms with van der Waals surface area (Å²) in [6.45, 7) is 4.75. The molecule has 0 radical (unpaired) electrons. The van der Waals surface area contributed by atoms with Gasteiger partial charge in [-0.25, -0.2) is 4.79 Å². The molecule has 31 heavy (non-hydrogen) atoms. The first-order chi connectivity index (χ1) is 14.8. The Morgan fingerprint density at radius 3 is 2.52 bits per heavy atom. The molecule has 0 heterocycles. The molecule has 3 saturated carbocycles. The SMILES string of the molecule is C[C@]12CC[C@H](OC(=O)c3ccc(O)cc3)CC1=CCC1C2CC[C@]2(C)C(=NO)CCC12. The number of fused-ring (bicyclic) bond motifs is 5. The Bertz CT molecular complexity index is 935. The van der Waals surface area contributed by atoms with E-state index >= 15 is 0 Å². The standard InChI is InChI=1S/C26H33NO4/c1-25-13-11-19(31-24(29)16-3-6-18(28)7-4-16)15-17(25)5-8-20-21-9-10-23(27-30)26(21,2)14-12-22(20)25/h3-7,19-22,28,30H,8-15H2,1-2H3/t19-,20?,21?,22?,25-,26-/m0/s1. The molecule has 5 rings (SSSR count). The van der Waals surface area contributed by atoms with E-state index in [0.29, 0.717) is 23.3 Å². The molecule has 3 fully saturated rings. The molecule has 0 saturated heterocycles. The molecule has 5 nitrogen and oxygen atoms in total. The topological polar surface area (TPSA) is 79.1 Å². The number of nitrogens with zero attached hydrogens (tertiary/aromatic N) is 1. The van der Waals surface area contributed by atoms with Crippen molar-refractivity contribution in [3.8, 4) is 5.75 Å². The van der Waals surface area contributed by atoms with Crippen LogP contribution in [0.4, 0.5) is 0 Å². The van der Waals surface area contributed by atoms with Gasteiger partial charge in [0.2, 0.25) is 0 Å². The fourth-order valence-corrected chi connectivity index (χ4v) is 7.50. The molecule has 5 heteroatoms. The zero-order valence-electron chi connectivity index (χ0n) is 18.5. The Labute approximate surface area is 184 Å². The number of esters is 1. The van der Waals surface area contributed by atoms with Crippen molar-refractivity contribution in [2.75, 3.05) is 0 Å². The van der Waals surface area contributed by atoms with Crippen LogP contribution in [0.2, 0.25) is 0 Å². The van der Waals surface area contributed by atoms with E-state index in [2.05, 4.69) is 25.1 Å². The molecular formula is C26H33NO4. The number of rotatable bonds is 2. The highest BCUT2D eigenvalue weighted by Crippen LogP contribution is 2.64. The van der Waals surface area contributed by atoms with E-state index in [-0.39, 0.29) is 28.7 Å². The van der Waals surface area contributed by atoms with Gasteiger partial charge in [0.15, 0.2) is 0 Å². The molecule has 4 aliphatic rings. The van der Waals surface area contributed by atoms with Crippen LogP contribution in [0.15, 0.2) is 41.1 Å². The average Bonchev–Trinajstić information content (AvgIpc) is 3.10. The van der Waals surface area contributed by atoms with Gasteiger partial charge in [-0.05, 0) is 92.4 Å². The quantitative estimate of drug-likeness (QED) is 0.276. The summed E-state index contributed by atoms with van der Waals surface area (Å²) in [5.41, 5.74) is 3.22. The molecule has 6 atom stereocenters. The number of oxime groups is 1. The third-order valence-corrected chi connectivity index (χ3v) is 9.30. The van der Waals surface area contributed by atoms with E-state index in [9.17, 15) is 15.1 Å². The first-order valence-corrected chi connectivity index (χ1v) is 11.8. The fourth-order valence-electron chi connectivity index (χ4n) is 7.50. The Morgan fingerprint density at radius 2 is 1.77 bits per heavy atom. The summed E-state index contributed by atoms with van der Waals surface area (Å²) in [5, 5.41) is 22.6. The van der Waals surface area contributed by atoms with E-state index in [1.807, 2.05) is 0 Å². The summed E-state index contributed by atoms with van der Waals surface area (Å²) >= 11 is 0. The highest BCUT2D eigenvalue weighted by Gasteiger charge is 2.58. The van der Waals surface area contributed by atoms with Crippen molar-refractivity contribution >= 4 is 11.7 Å². The van der Waals surface area contributed by atoms with E-state index in [1.165, 1.54) is 24.1 Å². The number of phenols is 1. The largest absolute Gasteiger partial charge is 0.508 e. The predicted octanol–water partition coefficient (Wildman–Crippen LogP) is 5.71. The number of ether oxygens (including phenoxy) is 1. The number of phenolic OH excluding ortho intramolecular Hbond substituents is 1. The summed E-state index contributed by atoms with van der Waals surface area (Å²) in [4.78, 5) is 12.6. The highest BCUT2D eigenvalue weighted by atomic mass is 16.5. The molecule has 0 aliphatic heterocycles. The number of carbonyl (C=O) groups excluding carboxylic acids is 1. The van der Waals surface area contributed by atoms with Crippen LogP contribution in [0, 0.1) is 28.6 Å². The highest BCUT2D eigenvalue weighted by molar-refractivity contribution is 5.92. The van der Waals surface area contributed by atoms with Gasteiger partial charge in [0.1, 0.15) is 11.9 Å². The Balaban J connectivity index is 1.32. The minimum Gasteiger partial charge on any atom is -0.508 e. The molecule has 2 N–H and O–H groups in total. The Morgan fingerprint density at radius 1 is 1.06 bits per heavy atom. The Kier molecular flexibility index (Phi) is 4.91. The fraction of sp³-hybridized carbons (Fsp3) is 0.615. The summed E-state index contributed by atoms with van der Waals surface area (Å²) in [6.07, 6.45) is 10.6. The van der Waals surface area contributed by atoms with Gasteiger partial charge in [-0.3, -0.25) is 0 Å². The van der Waals surface area contributed by atoms with Crippen LogP contribution in [-0.4, -0.2) is 28.1 Å². The van der Waals surface area contributed by atoms with Gasteiger partial charge in [-0.1, -0.05) is 30.7 Å². The van der Waals surface area contributed by atoms with Crippen LogP contribution in [0.3, 0.4) is 0 Å². The third kappa shape index (κ3) is 3.19. The van der Waals surface area contributed by atoms with Crippen molar-refractivity contribution in [2.24, 2.45) is 33.7 Å². The van der Waals surface area contributed by atoms with Crippen LogP contribution in [0.25, 0.3) is 0 Å². The smallest absolute Gasteiger partial charge is 0.338 e. The van der Waals surface area contributed by atoms with E-state index < -0.39 is 0 Å². The maximum absolute atomic E-state index is 12.6. The molecule has 0 aromatic heterocycles. The van der Waals surface area contributed by atoms with Crippen LogP contribution < -0.4 is 0 Å². The van der Waals surface area contributed by atoms with Crippen LogP contribution in [-0.2, 0) is 4.74 Å².